The third kappa shape index (κ3) is 2.88. The second kappa shape index (κ2) is 8.10. The molecule has 0 unspecified atom stereocenters. The van der Waals surface area contributed by atoms with Gasteiger partial charge in [-0.05, 0) is 0 Å². The van der Waals surface area contributed by atoms with E-state index >= 15 is 0 Å². The summed E-state index contributed by atoms with van der Waals surface area (Å²) in [5, 5.41) is 0. The van der Waals surface area contributed by atoms with Crippen molar-refractivity contribution in [2.75, 3.05) is 39.3 Å². The summed E-state index contributed by atoms with van der Waals surface area (Å²) in [6.45, 7) is 11.6. The van der Waals surface area contributed by atoms with Gasteiger partial charge in [0.2, 0.25) is 0 Å². The molecule has 1 fully saturated rings. The van der Waals surface area contributed by atoms with Crippen LogP contribution < -0.4 is 0 Å². The van der Waals surface area contributed by atoms with Gasteiger partial charge in [0.05, 0.1) is 0 Å². The van der Waals surface area contributed by atoms with E-state index < -0.39 is 31.1 Å². The third-order valence-corrected chi connectivity index (χ3v) is 11.8. The van der Waals surface area contributed by atoms with Crippen LogP contribution in [-0.4, -0.2) is 76.7 Å². The van der Waals surface area contributed by atoms with Crippen LogP contribution in [-0.2, 0) is 0 Å². The van der Waals surface area contributed by atoms with Crippen LogP contribution in [0, 0.1) is 0 Å². The Hall–Kier alpha value is -0.110. The fourth-order valence-electron chi connectivity index (χ4n) is 4.44. The molecule has 0 heterocycles. The summed E-state index contributed by atoms with van der Waals surface area (Å²) in [7, 11) is -4.04. The Labute approximate surface area is 153 Å². The van der Waals surface area contributed by atoms with E-state index in [4.69, 9.17) is 0 Å². The zero-order valence-corrected chi connectivity index (χ0v) is 17.4. The molecule has 0 aromatic heterocycles. The molecule has 0 radical (unpaired) electrons. The normalized spacial score (nSPS) is 22.9. The molecule has 0 aromatic rings. The first-order valence-electron chi connectivity index (χ1n) is 9.31. The first-order chi connectivity index (χ1) is 11.9. The van der Waals surface area contributed by atoms with Crippen molar-refractivity contribution >= 4 is 7.71 Å². The van der Waals surface area contributed by atoms with Gasteiger partial charge >= 0.3 is 152 Å². The summed E-state index contributed by atoms with van der Waals surface area (Å²) in [5.74, 6) is -14.8. The van der Waals surface area contributed by atoms with Gasteiger partial charge in [-0.3, -0.25) is 0 Å². The van der Waals surface area contributed by atoms with E-state index in [1.54, 1.807) is 55.6 Å². The second-order valence-electron chi connectivity index (χ2n) is 6.46. The molecule has 158 valence electrons. The molecule has 0 bridgehead atoms. The van der Waals surface area contributed by atoms with Crippen LogP contribution >= 0.6 is 7.71 Å². The first-order valence-corrected chi connectivity index (χ1v) is 11.2. The van der Waals surface area contributed by atoms with Crippen molar-refractivity contribution in [2.45, 2.75) is 65.0 Å². The number of hydrogen-bond acceptors (Lipinski definition) is 3. The molecule has 10 heteroatoms. The fourth-order valence-corrected chi connectivity index (χ4v) is 10.9. The van der Waals surface area contributed by atoms with Crippen molar-refractivity contribution < 1.29 is 26.3 Å². The Morgan fingerprint density at radius 2 is 0.808 bits per heavy atom. The average molecular weight is 411 g/mol. The summed E-state index contributed by atoms with van der Waals surface area (Å²) in [5.41, 5.74) is -2.70. The molecule has 0 aromatic carbocycles. The van der Waals surface area contributed by atoms with Crippen molar-refractivity contribution in [1.29, 1.82) is 0 Å². The molecule has 0 amide bonds. The first kappa shape index (κ1) is 23.9. The molecule has 1 saturated carbocycles. The number of nitrogens with zero attached hydrogens (tertiary/aromatic N) is 3. The minimum atomic E-state index is -5.32. The molecule has 0 spiro atoms. The number of halogens is 6. The monoisotopic (exact) mass is 411 g/mol. The van der Waals surface area contributed by atoms with E-state index in [9.17, 15) is 26.3 Å². The van der Waals surface area contributed by atoms with Crippen molar-refractivity contribution in [3.63, 3.8) is 0 Å². The number of hydrogen-bond donors (Lipinski definition) is 0. The molecule has 0 atom stereocenters. The third-order valence-electron chi connectivity index (χ3n) is 5.64. The molecular formula is C16H32F6N3P. The van der Waals surface area contributed by atoms with Gasteiger partial charge in [0, 0.05) is 0 Å². The Morgan fingerprint density at radius 1 is 0.577 bits per heavy atom. The quantitative estimate of drug-likeness (QED) is 0.378. The predicted molar refractivity (Wildman–Crippen MR) is 95.7 cm³/mol. The van der Waals surface area contributed by atoms with Crippen molar-refractivity contribution in [3.05, 3.63) is 0 Å². The van der Waals surface area contributed by atoms with Crippen LogP contribution in [0.1, 0.15) is 41.5 Å². The molecular weight excluding hydrogens is 379 g/mol. The van der Waals surface area contributed by atoms with Crippen LogP contribution in [0.2, 0.25) is 0 Å². The zero-order chi connectivity index (χ0) is 20.6. The molecule has 3 nitrogen and oxygen atoms in total. The van der Waals surface area contributed by atoms with Crippen LogP contribution in [0.4, 0.5) is 26.3 Å². The molecule has 1 aliphatic rings. The van der Waals surface area contributed by atoms with Crippen LogP contribution in [0.3, 0.4) is 0 Å². The van der Waals surface area contributed by atoms with Gasteiger partial charge in [-0.2, -0.15) is 0 Å². The Kier molecular flexibility index (Phi) is 7.45. The number of rotatable bonds is 10. The van der Waals surface area contributed by atoms with E-state index in [-0.39, 0.29) is 39.3 Å². The van der Waals surface area contributed by atoms with Crippen LogP contribution in [0.5, 0.6) is 0 Å². The van der Waals surface area contributed by atoms with Crippen LogP contribution in [0.15, 0.2) is 0 Å². The summed E-state index contributed by atoms with van der Waals surface area (Å²) >= 11 is 0. The Morgan fingerprint density at radius 3 is 1.00 bits per heavy atom. The Bertz CT molecular complexity index is 416. The van der Waals surface area contributed by atoms with Crippen LogP contribution in [0.25, 0.3) is 0 Å². The van der Waals surface area contributed by atoms with E-state index in [0.717, 1.165) is 0 Å². The van der Waals surface area contributed by atoms with E-state index in [1.165, 1.54) is 0 Å². The molecule has 0 aliphatic heterocycles. The van der Waals surface area contributed by atoms with Gasteiger partial charge in [-0.15, -0.1) is 0 Å². The van der Waals surface area contributed by atoms with Crippen molar-refractivity contribution in [3.8, 4) is 0 Å². The maximum absolute atomic E-state index is 14.6. The van der Waals surface area contributed by atoms with Crippen molar-refractivity contribution in [2.24, 2.45) is 0 Å². The number of alkyl halides is 6. The maximum atomic E-state index is 14.6. The topological polar surface area (TPSA) is 9.72 Å². The summed E-state index contributed by atoms with van der Waals surface area (Å²) in [6.07, 6.45) is 0. The molecule has 26 heavy (non-hydrogen) atoms. The SMILES string of the molecule is CCN(CC)[PH](C1C(F)(F)C(F)(F)C1(F)F)(N(CC)CC)N(CC)CC. The standard InChI is InChI=1S/C16H32F6N3P/c1-7-23(8-2)26(24(9-3)10-4,25(11-5)12-6)13-14(17,18)16(21,22)15(13,19)20/h13,26H,7-12H2,1-6H3. The Balaban J connectivity index is 3.83. The van der Waals surface area contributed by atoms with Gasteiger partial charge in [-0.1, -0.05) is 0 Å². The predicted octanol–water partition coefficient (Wildman–Crippen LogP) is 4.79. The minimum absolute atomic E-state index is 0.240. The van der Waals surface area contributed by atoms with E-state index in [2.05, 4.69) is 0 Å². The second-order valence-corrected chi connectivity index (χ2v) is 10.3. The fraction of sp³-hybridized carbons (Fsp3) is 1.00. The average Bonchev–Trinajstić information content (AvgIpc) is 2.57. The molecule has 1 rings (SSSR count). The summed E-state index contributed by atoms with van der Waals surface area (Å²) < 4.78 is 90.7. The van der Waals surface area contributed by atoms with Crippen molar-refractivity contribution in [1.82, 2.24) is 14.0 Å². The van der Waals surface area contributed by atoms with Gasteiger partial charge in [0.15, 0.2) is 0 Å². The van der Waals surface area contributed by atoms with Gasteiger partial charge in [0.1, 0.15) is 0 Å². The van der Waals surface area contributed by atoms with E-state index in [1.807, 2.05) is 0 Å². The molecule has 0 saturated heterocycles. The van der Waals surface area contributed by atoms with Gasteiger partial charge in [-0.25, -0.2) is 0 Å². The zero-order valence-electron chi connectivity index (χ0n) is 16.4. The van der Waals surface area contributed by atoms with E-state index in [0.29, 0.717) is 0 Å². The molecule has 1 aliphatic carbocycles. The van der Waals surface area contributed by atoms with Gasteiger partial charge in [0.25, 0.3) is 0 Å². The molecule has 0 N–H and O–H groups in total. The summed E-state index contributed by atoms with van der Waals surface area (Å²) in [6, 6.07) is 0. The summed E-state index contributed by atoms with van der Waals surface area (Å²) in [4.78, 5) is 0. The van der Waals surface area contributed by atoms with Gasteiger partial charge < -0.3 is 0 Å².